The van der Waals surface area contributed by atoms with Crippen molar-refractivity contribution in [2.75, 3.05) is 7.11 Å². The Morgan fingerprint density at radius 2 is 2.27 bits per heavy atom. The van der Waals surface area contributed by atoms with Crippen LogP contribution in [0.4, 0.5) is 4.39 Å². The van der Waals surface area contributed by atoms with Crippen LogP contribution in [-0.4, -0.2) is 18.5 Å². The molecule has 0 aliphatic rings. The Labute approximate surface area is 87.5 Å². The zero-order valence-corrected chi connectivity index (χ0v) is 8.66. The number of carbonyl (C=O) groups excluding carboxylic acids is 1. The van der Waals surface area contributed by atoms with E-state index < -0.39 is 5.82 Å². The normalized spacial score (nSPS) is 12.2. The van der Waals surface area contributed by atoms with E-state index in [1.54, 1.807) is 6.92 Å². The number of benzene rings is 1. The predicted octanol–water partition coefficient (Wildman–Crippen LogP) is 2.23. The third-order valence-electron chi connectivity index (χ3n) is 2.28. The van der Waals surface area contributed by atoms with Gasteiger partial charge < -0.3 is 14.6 Å². The molecule has 82 valence electrons. The number of aldehydes is 1. The van der Waals surface area contributed by atoms with Gasteiger partial charge in [0, 0.05) is 12.5 Å². The van der Waals surface area contributed by atoms with E-state index in [0.29, 0.717) is 5.56 Å². The van der Waals surface area contributed by atoms with E-state index in [4.69, 9.17) is 4.74 Å². The number of phenols is 1. The van der Waals surface area contributed by atoms with Gasteiger partial charge in [0.1, 0.15) is 12.1 Å². The molecule has 0 saturated heterocycles. The summed E-state index contributed by atoms with van der Waals surface area (Å²) in [5, 5.41) is 9.45. The molecular formula is C11H13FO3. The van der Waals surface area contributed by atoms with Gasteiger partial charge in [-0.05, 0) is 17.5 Å². The highest BCUT2D eigenvalue weighted by molar-refractivity contribution is 5.52. The van der Waals surface area contributed by atoms with Crippen molar-refractivity contribution in [3.8, 4) is 11.5 Å². The smallest absolute Gasteiger partial charge is 0.163 e. The van der Waals surface area contributed by atoms with Crippen LogP contribution < -0.4 is 4.74 Å². The molecule has 0 aliphatic heterocycles. The largest absolute Gasteiger partial charge is 0.504 e. The molecule has 0 aromatic heterocycles. The van der Waals surface area contributed by atoms with Crippen molar-refractivity contribution in [1.82, 2.24) is 0 Å². The fraction of sp³-hybridized carbons (Fsp3) is 0.364. The maximum atomic E-state index is 13.5. The summed E-state index contributed by atoms with van der Waals surface area (Å²) in [5.74, 6) is -0.750. The molecule has 0 amide bonds. The molecule has 0 bridgehead atoms. The SMILES string of the molecule is COc1cc(F)c(C(C)CC=O)cc1O. The van der Waals surface area contributed by atoms with Gasteiger partial charge in [0.05, 0.1) is 7.11 Å². The van der Waals surface area contributed by atoms with Gasteiger partial charge in [0.2, 0.25) is 0 Å². The Kier molecular flexibility index (Phi) is 3.66. The lowest BCUT2D eigenvalue weighted by Gasteiger charge is -2.12. The molecule has 4 heteroatoms. The average molecular weight is 212 g/mol. The van der Waals surface area contributed by atoms with Crippen LogP contribution in [-0.2, 0) is 4.79 Å². The first-order valence-corrected chi connectivity index (χ1v) is 4.60. The number of methoxy groups -OCH3 is 1. The summed E-state index contributed by atoms with van der Waals surface area (Å²) in [7, 11) is 1.35. The molecule has 1 N–H and O–H groups in total. The third-order valence-corrected chi connectivity index (χ3v) is 2.28. The Balaban J connectivity index is 3.09. The molecule has 0 heterocycles. The number of phenolic OH excluding ortho intramolecular Hbond substituents is 1. The number of halogens is 1. The lowest BCUT2D eigenvalue weighted by Crippen LogP contribution is -1.99. The van der Waals surface area contributed by atoms with Gasteiger partial charge in [-0.25, -0.2) is 4.39 Å². The second-order valence-electron chi connectivity index (χ2n) is 3.35. The van der Waals surface area contributed by atoms with Crippen LogP contribution in [0.1, 0.15) is 24.8 Å². The molecule has 1 unspecified atom stereocenters. The number of aromatic hydroxyl groups is 1. The number of carbonyl (C=O) groups is 1. The molecule has 1 aromatic rings. The number of rotatable bonds is 4. The minimum absolute atomic E-state index is 0.0922. The van der Waals surface area contributed by atoms with Gasteiger partial charge in [-0.3, -0.25) is 0 Å². The molecule has 0 saturated carbocycles. The van der Waals surface area contributed by atoms with E-state index in [0.717, 1.165) is 12.4 Å². The maximum absolute atomic E-state index is 13.5. The van der Waals surface area contributed by atoms with E-state index in [1.807, 2.05) is 0 Å². The first-order valence-electron chi connectivity index (χ1n) is 4.60. The Bertz CT molecular complexity index is 363. The number of hydrogen-bond donors (Lipinski definition) is 1. The third kappa shape index (κ3) is 2.46. The summed E-state index contributed by atoms with van der Waals surface area (Å²) in [5.41, 5.74) is 0.320. The van der Waals surface area contributed by atoms with Gasteiger partial charge in [0.25, 0.3) is 0 Å². The number of ether oxygens (including phenoxy) is 1. The Morgan fingerprint density at radius 3 is 2.80 bits per heavy atom. The van der Waals surface area contributed by atoms with Crippen LogP contribution in [0.5, 0.6) is 11.5 Å². The predicted molar refractivity (Wildman–Crippen MR) is 53.7 cm³/mol. The average Bonchev–Trinajstić information content (AvgIpc) is 2.21. The zero-order valence-electron chi connectivity index (χ0n) is 8.66. The molecule has 1 rings (SSSR count). The first-order chi connectivity index (χ1) is 7.10. The summed E-state index contributed by atoms with van der Waals surface area (Å²) in [6, 6.07) is 2.41. The molecule has 1 aromatic carbocycles. The molecular weight excluding hydrogens is 199 g/mol. The molecule has 1 atom stereocenters. The fourth-order valence-corrected chi connectivity index (χ4v) is 1.37. The highest BCUT2D eigenvalue weighted by atomic mass is 19.1. The zero-order chi connectivity index (χ0) is 11.4. The Morgan fingerprint density at radius 1 is 1.60 bits per heavy atom. The van der Waals surface area contributed by atoms with Crippen LogP contribution in [0.2, 0.25) is 0 Å². The molecule has 15 heavy (non-hydrogen) atoms. The van der Waals surface area contributed by atoms with Crippen LogP contribution in [0.15, 0.2) is 12.1 Å². The highest BCUT2D eigenvalue weighted by Crippen LogP contribution is 2.32. The minimum atomic E-state index is -0.473. The molecule has 0 spiro atoms. The van der Waals surface area contributed by atoms with E-state index >= 15 is 0 Å². The van der Waals surface area contributed by atoms with E-state index in [9.17, 15) is 14.3 Å². The van der Waals surface area contributed by atoms with E-state index in [-0.39, 0.29) is 23.8 Å². The van der Waals surface area contributed by atoms with Crippen molar-refractivity contribution in [3.63, 3.8) is 0 Å². The van der Waals surface area contributed by atoms with Crippen LogP contribution >= 0.6 is 0 Å². The fourth-order valence-electron chi connectivity index (χ4n) is 1.37. The van der Waals surface area contributed by atoms with Gasteiger partial charge in [-0.15, -0.1) is 0 Å². The van der Waals surface area contributed by atoms with Crippen molar-refractivity contribution in [2.45, 2.75) is 19.3 Å². The summed E-state index contributed by atoms with van der Waals surface area (Å²) in [4.78, 5) is 10.3. The Hall–Kier alpha value is -1.58. The lowest BCUT2D eigenvalue weighted by atomic mass is 9.97. The molecule has 3 nitrogen and oxygen atoms in total. The lowest BCUT2D eigenvalue weighted by molar-refractivity contribution is -0.108. The monoisotopic (exact) mass is 212 g/mol. The van der Waals surface area contributed by atoms with Crippen molar-refractivity contribution in [3.05, 3.63) is 23.5 Å². The van der Waals surface area contributed by atoms with Gasteiger partial charge >= 0.3 is 0 Å². The van der Waals surface area contributed by atoms with Gasteiger partial charge in [-0.2, -0.15) is 0 Å². The van der Waals surface area contributed by atoms with Crippen LogP contribution in [0.3, 0.4) is 0 Å². The first kappa shape index (κ1) is 11.5. The molecule has 0 aliphatic carbocycles. The van der Waals surface area contributed by atoms with Gasteiger partial charge in [0.15, 0.2) is 11.5 Å². The van der Waals surface area contributed by atoms with Crippen molar-refractivity contribution in [2.24, 2.45) is 0 Å². The summed E-state index contributed by atoms with van der Waals surface area (Å²) in [6.45, 7) is 1.72. The minimum Gasteiger partial charge on any atom is -0.504 e. The van der Waals surface area contributed by atoms with Crippen LogP contribution in [0, 0.1) is 5.82 Å². The van der Waals surface area contributed by atoms with Crippen molar-refractivity contribution in [1.29, 1.82) is 0 Å². The van der Waals surface area contributed by atoms with Gasteiger partial charge in [-0.1, -0.05) is 6.92 Å². The number of hydrogen-bond acceptors (Lipinski definition) is 3. The molecule has 0 fully saturated rings. The summed E-state index contributed by atoms with van der Waals surface area (Å²) >= 11 is 0. The van der Waals surface area contributed by atoms with Crippen molar-refractivity contribution < 1.29 is 19.0 Å². The highest BCUT2D eigenvalue weighted by Gasteiger charge is 2.14. The topological polar surface area (TPSA) is 46.5 Å². The van der Waals surface area contributed by atoms with E-state index in [1.165, 1.54) is 13.2 Å². The molecule has 0 radical (unpaired) electrons. The van der Waals surface area contributed by atoms with Crippen LogP contribution in [0.25, 0.3) is 0 Å². The second-order valence-corrected chi connectivity index (χ2v) is 3.35. The van der Waals surface area contributed by atoms with E-state index in [2.05, 4.69) is 0 Å². The maximum Gasteiger partial charge on any atom is 0.163 e. The quantitative estimate of drug-likeness (QED) is 0.778. The van der Waals surface area contributed by atoms with Crippen molar-refractivity contribution >= 4 is 6.29 Å². The standard InChI is InChI=1S/C11H13FO3/c1-7(3-4-13)8-5-10(14)11(15-2)6-9(8)12/h4-7,14H,3H2,1-2H3. The summed E-state index contributed by atoms with van der Waals surface area (Å²) in [6.07, 6.45) is 0.952. The summed E-state index contributed by atoms with van der Waals surface area (Å²) < 4.78 is 18.2. The second kappa shape index (κ2) is 4.77.